The molecule has 104 valence electrons. The first-order valence-electron chi connectivity index (χ1n) is 6.40. The lowest BCUT2D eigenvalue weighted by molar-refractivity contribution is -0.116. The molecule has 0 saturated heterocycles. The van der Waals surface area contributed by atoms with Crippen molar-refractivity contribution in [3.05, 3.63) is 23.8 Å². The van der Waals surface area contributed by atoms with Crippen molar-refractivity contribution in [2.75, 3.05) is 5.32 Å². The third-order valence-corrected chi connectivity index (χ3v) is 2.77. The first-order valence-corrected chi connectivity index (χ1v) is 6.40. The highest BCUT2D eigenvalue weighted by Gasteiger charge is 2.13. The van der Waals surface area contributed by atoms with Gasteiger partial charge in [-0.25, -0.2) is 4.79 Å². The fraction of sp³-hybridized carbons (Fsp3) is 0.429. The van der Waals surface area contributed by atoms with E-state index in [-0.39, 0.29) is 22.9 Å². The zero-order valence-corrected chi connectivity index (χ0v) is 11.0. The minimum Gasteiger partial charge on any atom is -0.508 e. The number of hydrogen-bond acceptors (Lipinski definition) is 3. The van der Waals surface area contributed by atoms with E-state index in [0.29, 0.717) is 6.42 Å². The molecular formula is C14H19NO4. The summed E-state index contributed by atoms with van der Waals surface area (Å²) < 4.78 is 0. The van der Waals surface area contributed by atoms with E-state index in [2.05, 4.69) is 12.2 Å². The van der Waals surface area contributed by atoms with Crippen molar-refractivity contribution >= 4 is 17.6 Å². The molecule has 0 fully saturated rings. The number of phenolic OH excluding ortho intramolecular Hbond substituents is 1. The molecule has 1 rings (SSSR count). The zero-order valence-electron chi connectivity index (χ0n) is 11.0. The number of carbonyl (C=O) groups is 2. The van der Waals surface area contributed by atoms with Gasteiger partial charge in [-0.05, 0) is 24.6 Å². The monoisotopic (exact) mass is 265 g/mol. The van der Waals surface area contributed by atoms with E-state index in [1.807, 2.05) is 0 Å². The predicted molar refractivity (Wildman–Crippen MR) is 72.5 cm³/mol. The number of aromatic carboxylic acids is 1. The number of unbranched alkanes of at least 4 members (excludes halogenated alkanes) is 3. The minimum absolute atomic E-state index is 0.109. The van der Waals surface area contributed by atoms with E-state index in [4.69, 9.17) is 5.11 Å². The number of benzene rings is 1. The van der Waals surface area contributed by atoms with Crippen molar-refractivity contribution in [1.29, 1.82) is 0 Å². The van der Waals surface area contributed by atoms with Crippen molar-refractivity contribution < 1.29 is 19.8 Å². The molecule has 0 atom stereocenters. The highest BCUT2D eigenvalue weighted by Crippen LogP contribution is 2.21. The number of amides is 1. The summed E-state index contributed by atoms with van der Waals surface area (Å²) in [6.07, 6.45) is 4.35. The molecule has 5 nitrogen and oxygen atoms in total. The SMILES string of the molecule is CCCCCCC(=O)Nc1ccc(O)cc1C(=O)O. The highest BCUT2D eigenvalue weighted by molar-refractivity contribution is 6.00. The molecule has 19 heavy (non-hydrogen) atoms. The van der Waals surface area contributed by atoms with Crippen LogP contribution in [-0.4, -0.2) is 22.1 Å². The molecule has 0 aliphatic rings. The summed E-state index contributed by atoms with van der Waals surface area (Å²) in [4.78, 5) is 22.7. The topological polar surface area (TPSA) is 86.6 Å². The van der Waals surface area contributed by atoms with Crippen LogP contribution in [0.5, 0.6) is 5.75 Å². The number of rotatable bonds is 7. The summed E-state index contributed by atoms with van der Waals surface area (Å²) >= 11 is 0. The highest BCUT2D eigenvalue weighted by atomic mass is 16.4. The maximum atomic E-state index is 11.7. The van der Waals surface area contributed by atoms with E-state index >= 15 is 0 Å². The third kappa shape index (κ3) is 4.99. The molecule has 0 radical (unpaired) electrons. The fourth-order valence-corrected chi connectivity index (χ4v) is 1.74. The Balaban J connectivity index is 2.61. The second-order valence-electron chi connectivity index (χ2n) is 4.39. The molecule has 0 bridgehead atoms. The number of carboxylic acids is 1. The van der Waals surface area contributed by atoms with Gasteiger partial charge in [0.25, 0.3) is 0 Å². The van der Waals surface area contributed by atoms with Crippen LogP contribution >= 0.6 is 0 Å². The Labute approximate surface area is 112 Å². The van der Waals surface area contributed by atoms with Crippen molar-refractivity contribution in [3.8, 4) is 5.75 Å². The fourth-order valence-electron chi connectivity index (χ4n) is 1.74. The lowest BCUT2D eigenvalue weighted by atomic mass is 10.1. The van der Waals surface area contributed by atoms with Crippen LogP contribution in [0.4, 0.5) is 5.69 Å². The van der Waals surface area contributed by atoms with Gasteiger partial charge in [-0.15, -0.1) is 0 Å². The van der Waals surface area contributed by atoms with E-state index in [1.54, 1.807) is 0 Å². The number of carboxylic acid groups (broad SMARTS) is 1. The van der Waals surface area contributed by atoms with Gasteiger partial charge in [0, 0.05) is 6.42 Å². The quantitative estimate of drug-likeness (QED) is 0.522. The number of phenols is 1. The summed E-state index contributed by atoms with van der Waals surface area (Å²) in [6.45, 7) is 2.09. The number of hydrogen-bond donors (Lipinski definition) is 3. The zero-order chi connectivity index (χ0) is 14.3. The minimum atomic E-state index is -1.18. The van der Waals surface area contributed by atoms with E-state index in [9.17, 15) is 14.7 Å². The normalized spacial score (nSPS) is 10.2. The molecule has 0 unspecified atom stereocenters. The van der Waals surface area contributed by atoms with Gasteiger partial charge in [-0.3, -0.25) is 4.79 Å². The predicted octanol–water partition coefficient (Wildman–Crippen LogP) is 3.00. The second-order valence-corrected chi connectivity index (χ2v) is 4.39. The number of carbonyl (C=O) groups excluding carboxylic acids is 1. The maximum Gasteiger partial charge on any atom is 0.337 e. The summed E-state index contributed by atoms with van der Waals surface area (Å²) in [5.74, 6) is -1.53. The Kier molecular flexibility index (Phi) is 5.85. The summed E-state index contributed by atoms with van der Waals surface area (Å²) in [6, 6.07) is 3.86. The largest absolute Gasteiger partial charge is 0.508 e. The standard InChI is InChI=1S/C14H19NO4/c1-2-3-4-5-6-13(17)15-12-8-7-10(16)9-11(12)14(18)19/h7-9,16H,2-6H2,1H3,(H,15,17)(H,18,19). The summed E-state index contributed by atoms with van der Waals surface area (Å²) in [7, 11) is 0. The third-order valence-electron chi connectivity index (χ3n) is 2.77. The molecule has 0 aliphatic heterocycles. The van der Waals surface area contributed by atoms with E-state index in [0.717, 1.165) is 31.7 Å². The Bertz CT molecular complexity index is 457. The smallest absolute Gasteiger partial charge is 0.337 e. The summed E-state index contributed by atoms with van der Waals surface area (Å²) in [5.41, 5.74) is 0.104. The van der Waals surface area contributed by atoms with Crippen LogP contribution in [0, 0.1) is 0 Å². The van der Waals surface area contributed by atoms with Gasteiger partial charge in [-0.1, -0.05) is 26.2 Å². The molecule has 1 aromatic rings. The molecule has 5 heteroatoms. The molecule has 0 spiro atoms. The molecule has 0 aliphatic carbocycles. The lowest BCUT2D eigenvalue weighted by Gasteiger charge is -2.08. The number of nitrogens with one attached hydrogen (secondary N) is 1. The molecule has 1 amide bonds. The van der Waals surface area contributed by atoms with Gasteiger partial charge in [-0.2, -0.15) is 0 Å². The van der Waals surface area contributed by atoms with Crippen LogP contribution < -0.4 is 5.32 Å². The van der Waals surface area contributed by atoms with Crippen LogP contribution in [0.3, 0.4) is 0 Å². The van der Waals surface area contributed by atoms with Crippen molar-refractivity contribution in [1.82, 2.24) is 0 Å². The molecule has 3 N–H and O–H groups in total. The Morgan fingerprint density at radius 2 is 1.95 bits per heavy atom. The van der Waals surface area contributed by atoms with E-state index < -0.39 is 5.97 Å². The average Bonchev–Trinajstić information content (AvgIpc) is 2.36. The van der Waals surface area contributed by atoms with Gasteiger partial charge in [0.15, 0.2) is 0 Å². The Morgan fingerprint density at radius 1 is 1.21 bits per heavy atom. The van der Waals surface area contributed by atoms with Crippen molar-refractivity contribution in [2.45, 2.75) is 39.0 Å². The molecule has 0 aromatic heterocycles. The lowest BCUT2D eigenvalue weighted by Crippen LogP contribution is -2.14. The van der Waals surface area contributed by atoms with Gasteiger partial charge in [0.2, 0.25) is 5.91 Å². The van der Waals surface area contributed by atoms with Gasteiger partial charge >= 0.3 is 5.97 Å². The van der Waals surface area contributed by atoms with Crippen LogP contribution in [0.15, 0.2) is 18.2 Å². The Morgan fingerprint density at radius 3 is 2.58 bits per heavy atom. The van der Waals surface area contributed by atoms with Crippen LogP contribution in [-0.2, 0) is 4.79 Å². The first-order chi connectivity index (χ1) is 9.04. The maximum absolute atomic E-state index is 11.7. The van der Waals surface area contributed by atoms with Gasteiger partial charge < -0.3 is 15.5 Å². The second kappa shape index (κ2) is 7.41. The molecule has 0 saturated carbocycles. The number of anilines is 1. The average molecular weight is 265 g/mol. The summed E-state index contributed by atoms with van der Waals surface area (Å²) in [5, 5.41) is 20.8. The van der Waals surface area contributed by atoms with Crippen LogP contribution in [0.1, 0.15) is 49.4 Å². The Hall–Kier alpha value is -2.04. The van der Waals surface area contributed by atoms with Crippen molar-refractivity contribution in [3.63, 3.8) is 0 Å². The molecule has 1 aromatic carbocycles. The van der Waals surface area contributed by atoms with Crippen LogP contribution in [0.25, 0.3) is 0 Å². The first kappa shape index (κ1) is 15.0. The van der Waals surface area contributed by atoms with Gasteiger partial charge in [0.05, 0.1) is 11.3 Å². The van der Waals surface area contributed by atoms with E-state index in [1.165, 1.54) is 12.1 Å². The van der Waals surface area contributed by atoms with Crippen molar-refractivity contribution in [2.24, 2.45) is 0 Å². The molecular weight excluding hydrogens is 246 g/mol. The molecule has 0 heterocycles. The number of aromatic hydroxyl groups is 1. The van der Waals surface area contributed by atoms with Crippen LogP contribution in [0.2, 0.25) is 0 Å². The van der Waals surface area contributed by atoms with Gasteiger partial charge in [0.1, 0.15) is 5.75 Å².